The first kappa shape index (κ1) is 10.9. The topological polar surface area (TPSA) is 20.2 Å². The van der Waals surface area contributed by atoms with Crippen LogP contribution in [0.5, 0.6) is 0 Å². The predicted octanol–water partition coefficient (Wildman–Crippen LogP) is 3.31. The smallest absolute Gasteiger partial charge is 0.0799 e. The molecule has 2 aliphatic rings. The van der Waals surface area contributed by atoms with Gasteiger partial charge >= 0.3 is 0 Å². The van der Waals surface area contributed by atoms with Gasteiger partial charge in [0.2, 0.25) is 0 Å². The zero-order valence-electron chi connectivity index (χ0n) is 9.82. The van der Waals surface area contributed by atoms with Gasteiger partial charge in [-0.2, -0.15) is 0 Å². The van der Waals surface area contributed by atoms with Crippen molar-refractivity contribution in [2.45, 2.75) is 45.1 Å². The van der Waals surface area contributed by atoms with Gasteiger partial charge in [0.1, 0.15) is 0 Å². The average Bonchev–Trinajstić information content (AvgIpc) is 2.75. The lowest BCUT2D eigenvalue weighted by Gasteiger charge is -2.20. The van der Waals surface area contributed by atoms with Crippen LogP contribution in [0.4, 0.5) is 0 Å². The minimum Gasteiger partial charge on any atom is -0.386 e. The van der Waals surface area contributed by atoms with Crippen LogP contribution in [0.3, 0.4) is 0 Å². The lowest BCUT2D eigenvalue weighted by molar-refractivity contribution is 0.100. The molecule has 0 aromatic heterocycles. The molecule has 0 heterocycles. The largest absolute Gasteiger partial charge is 0.386 e. The molecule has 1 saturated carbocycles. The Morgan fingerprint density at radius 3 is 2.73 bits per heavy atom. The summed E-state index contributed by atoms with van der Waals surface area (Å²) < 4.78 is 0. The minimum absolute atomic E-state index is 0.597. The number of hydrogen-bond donors (Lipinski definition) is 1. The molecule has 4 atom stereocenters. The first-order valence-electron chi connectivity index (χ1n) is 6.21. The van der Waals surface area contributed by atoms with Crippen molar-refractivity contribution in [1.82, 2.24) is 0 Å². The quantitative estimate of drug-likeness (QED) is 0.700. The SMILES string of the molecule is CCCC(C)(O)C=CC1CC2C=CC1C2. The fourth-order valence-corrected chi connectivity index (χ4v) is 2.96. The van der Waals surface area contributed by atoms with Gasteiger partial charge in [0.25, 0.3) is 0 Å². The van der Waals surface area contributed by atoms with E-state index in [9.17, 15) is 5.11 Å². The maximum absolute atomic E-state index is 10.0. The van der Waals surface area contributed by atoms with Gasteiger partial charge in [0.15, 0.2) is 0 Å². The molecule has 0 aromatic carbocycles. The number of aliphatic hydroxyl groups is 1. The third-order valence-corrected chi connectivity index (χ3v) is 3.79. The van der Waals surface area contributed by atoms with Crippen LogP contribution < -0.4 is 0 Å². The Kier molecular flexibility index (Phi) is 3.01. The Hall–Kier alpha value is -0.560. The molecular formula is C14H22O. The fraction of sp³-hybridized carbons (Fsp3) is 0.714. The molecule has 1 N–H and O–H groups in total. The molecule has 2 aliphatic carbocycles. The van der Waals surface area contributed by atoms with E-state index < -0.39 is 5.60 Å². The molecular weight excluding hydrogens is 184 g/mol. The van der Waals surface area contributed by atoms with Crippen molar-refractivity contribution in [3.05, 3.63) is 24.3 Å². The van der Waals surface area contributed by atoms with Crippen LogP contribution in [0.1, 0.15) is 39.5 Å². The monoisotopic (exact) mass is 206 g/mol. The summed E-state index contributed by atoms with van der Waals surface area (Å²) in [4.78, 5) is 0. The highest BCUT2D eigenvalue weighted by molar-refractivity contribution is 5.15. The normalized spacial score (nSPS) is 37.7. The van der Waals surface area contributed by atoms with Gasteiger partial charge in [-0.1, -0.05) is 37.6 Å². The van der Waals surface area contributed by atoms with Crippen LogP contribution in [0.25, 0.3) is 0 Å². The minimum atomic E-state index is -0.597. The first-order valence-corrected chi connectivity index (χ1v) is 6.21. The van der Waals surface area contributed by atoms with E-state index in [1.807, 2.05) is 13.0 Å². The molecule has 1 nitrogen and oxygen atoms in total. The van der Waals surface area contributed by atoms with Crippen molar-refractivity contribution >= 4 is 0 Å². The number of fused-ring (bicyclic) bond motifs is 2. The summed E-state index contributed by atoms with van der Waals surface area (Å²) in [5.41, 5.74) is -0.597. The molecule has 0 spiro atoms. The predicted molar refractivity (Wildman–Crippen MR) is 63.5 cm³/mol. The van der Waals surface area contributed by atoms with E-state index in [-0.39, 0.29) is 0 Å². The molecule has 0 amide bonds. The van der Waals surface area contributed by atoms with Crippen molar-refractivity contribution in [3.8, 4) is 0 Å². The second-order valence-corrected chi connectivity index (χ2v) is 5.41. The molecule has 1 fully saturated rings. The highest BCUT2D eigenvalue weighted by atomic mass is 16.3. The van der Waals surface area contributed by atoms with E-state index in [2.05, 4.69) is 25.2 Å². The van der Waals surface area contributed by atoms with Crippen molar-refractivity contribution in [2.24, 2.45) is 17.8 Å². The molecule has 0 saturated heterocycles. The first-order chi connectivity index (χ1) is 7.11. The maximum Gasteiger partial charge on any atom is 0.0799 e. The molecule has 15 heavy (non-hydrogen) atoms. The summed E-state index contributed by atoms with van der Waals surface area (Å²) in [5.74, 6) is 2.26. The van der Waals surface area contributed by atoms with E-state index in [4.69, 9.17) is 0 Å². The van der Waals surface area contributed by atoms with Crippen molar-refractivity contribution in [2.75, 3.05) is 0 Å². The van der Waals surface area contributed by atoms with Crippen LogP contribution in [0, 0.1) is 17.8 Å². The van der Waals surface area contributed by atoms with Gasteiger partial charge in [0.05, 0.1) is 5.60 Å². The van der Waals surface area contributed by atoms with Gasteiger partial charge < -0.3 is 5.11 Å². The lowest BCUT2D eigenvalue weighted by atomic mass is 9.90. The van der Waals surface area contributed by atoms with Crippen LogP contribution in [0.15, 0.2) is 24.3 Å². The van der Waals surface area contributed by atoms with Gasteiger partial charge in [-0.15, -0.1) is 0 Å². The second kappa shape index (κ2) is 4.13. The third kappa shape index (κ3) is 2.52. The summed E-state index contributed by atoms with van der Waals surface area (Å²) in [7, 11) is 0. The number of rotatable bonds is 4. The summed E-state index contributed by atoms with van der Waals surface area (Å²) in [6.07, 6.45) is 13.5. The third-order valence-electron chi connectivity index (χ3n) is 3.79. The standard InChI is InChI=1S/C14H22O/c1-3-7-14(2,15)8-6-13-10-11-4-5-12(13)9-11/h4-6,8,11-13,15H,3,7,9-10H2,1-2H3. The highest BCUT2D eigenvalue weighted by Gasteiger charge is 2.34. The van der Waals surface area contributed by atoms with Crippen LogP contribution in [-0.4, -0.2) is 10.7 Å². The summed E-state index contributed by atoms with van der Waals surface area (Å²) in [6.45, 7) is 4.03. The zero-order chi connectivity index (χ0) is 10.9. The molecule has 4 unspecified atom stereocenters. The van der Waals surface area contributed by atoms with Crippen molar-refractivity contribution < 1.29 is 5.11 Å². The fourth-order valence-electron chi connectivity index (χ4n) is 2.96. The molecule has 0 aromatic rings. The Morgan fingerprint density at radius 1 is 1.40 bits per heavy atom. The van der Waals surface area contributed by atoms with Gasteiger partial charge in [0, 0.05) is 0 Å². The van der Waals surface area contributed by atoms with Gasteiger partial charge in [-0.25, -0.2) is 0 Å². The van der Waals surface area contributed by atoms with Crippen molar-refractivity contribution in [1.29, 1.82) is 0 Å². The zero-order valence-corrected chi connectivity index (χ0v) is 9.82. The van der Waals surface area contributed by atoms with E-state index in [0.717, 1.165) is 24.7 Å². The van der Waals surface area contributed by atoms with E-state index in [1.165, 1.54) is 12.8 Å². The maximum atomic E-state index is 10.0. The van der Waals surface area contributed by atoms with E-state index in [1.54, 1.807) is 0 Å². The second-order valence-electron chi connectivity index (χ2n) is 5.41. The van der Waals surface area contributed by atoms with E-state index in [0.29, 0.717) is 5.92 Å². The Balaban J connectivity index is 1.92. The van der Waals surface area contributed by atoms with Crippen LogP contribution in [-0.2, 0) is 0 Å². The highest BCUT2D eigenvalue weighted by Crippen LogP contribution is 2.44. The summed E-state index contributed by atoms with van der Waals surface area (Å²) in [6, 6.07) is 0. The van der Waals surface area contributed by atoms with Crippen LogP contribution in [0.2, 0.25) is 0 Å². The molecule has 2 bridgehead atoms. The number of allylic oxidation sites excluding steroid dienone is 3. The molecule has 1 heteroatoms. The summed E-state index contributed by atoms with van der Waals surface area (Å²) >= 11 is 0. The molecule has 84 valence electrons. The Bertz CT molecular complexity index is 275. The van der Waals surface area contributed by atoms with Crippen molar-refractivity contribution in [3.63, 3.8) is 0 Å². The molecule has 2 rings (SSSR count). The average molecular weight is 206 g/mol. The van der Waals surface area contributed by atoms with E-state index >= 15 is 0 Å². The van der Waals surface area contributed by atoms with Crippen LogP contribution >= 0.6 is 0 Å². The summed E-state index contributed by atoms with van der Waals surface area (Å²) in [5, 5.41) is 10.0. The Labute approximate surface area is 92.9 Å². The Morgan fingerprint density at radius 2 is 2.20 bits per heavy atom. The molecule has 0 radical (unpaired) electrons. The lowest BCUT2D eigenvalue weighted by Crippen LogP contribution is -2.20. The van der Waals surface area contributed by atoms with Gasteiger partial charge in [-0.05, 0) is 43.9 Å². The van der Waals surface area contributed by atoms with Gasteiger partial charge in [-0.3, -0.25) is 0 Å². The molecule has 0 aliphatic heterocycles. The number of hydrogen-bond acceptors (Lipinski definition) is 1.